The van der Waals surface area contributed by atoms with Crippen LogP contribution in [-0.2, 0) is 0 Å². The molecule has 48 valence electrons. The Morgan fingerprint density at radius 1 is 1.62 bits per heavy atom. The van der Waals surface area contributed by atoms with Crippen molar-refractivity contribution in [2.75, 3.05) is 4.43 Å². The second-order valence-corrected chi connectivity index (χ2v) is 3.71. The number of alkyl halides is 1. The molecule has 0 radical (unpaired) electrons. The van der Waals surface area contributed by atoms with E-state index in [9.17, 15) is 0 Å². The van der Waals surface area contributed by atoms with Crippen LogP contribution in [0.1, 0.15) is 20.3 Å². The van der Waals surface area contributed by atoms with Crippen LogP contribution < -0.4 is 0 Å². The van der Waals surface area contributed by atoms with E-state index in [1.54, 1.807) is 0 Å². The zero-order valence-electron chi connectivity index (χ0n) is 5.58. The summed E-state index contributed by atoms with van der Waals surface area (Å²) in [5.41, 5.74) is 0.348. The van der Waals surface area contributed by atoms with Gasteiger partial charge in [-0.3, -0.25) is 0 Å². The van der Waals surface area contributed by atoms with E-state index in [4.69, 9.17) is 0 Å². The van der Waals surface area contributed by atoms with E-state index in [1.807, 2.05) is 6.08 Å². The Kier molecular flexibility index (Phi) is 3.69. The quantitative estimate of drug-likeness (QED) is 0.392. The average molecular weight is 224 g/mol. The van der Waals surface area contributed by atoms with Crippen LogP contribution in [0, 0.1) is 5.41 Å². The van der Waals surface area contributed by atoms with Crippen molar-refractivity contribution in [1.82, 2.24) is 0 Å². The predicted octanol–water partition coefficient (Wildman–Crippen LogP) is 3.02. The van der Waals surface area contributed by atoms with Gasteiger partial charge in [0.15, 0.2) is 0 Å². The van der Waals surface area contributed by atoms with Crippen LogP contribution >= 0.6 is 22.6 Å². The third-order valence-corrected chi connectivity index (χ3v) is 1.83. The van der Waals surface area contributed by atoms with Crippen molar-refractivity contribution in [1.29, 1.82) is 0 Å². The van der Waals surface area contributed by atoms with Crippen LogP contribution in [0.3, 0.4) is 0 Å². The molecule has 0 nitrogen and oxygen atoms in total. The van der Waals surface area contributed by atoms with Crippen LogP contribution in [0.4, 0.5) is 0 Å². The molecule has 0 unspecified atom stereocenters. The van der Waals surface area contributed by atoms with Crippen LogP contribution in [0.15, 0.2) is 12.7 Å². The van der Waals surface area contributed by atoms with Crippen molar-refractivity contribution in [3.8, 4) is 0 Å². The van der Waals surface area contributed by atoms with Gasteiger partial charge in [0.1, 0.15) is 0 Å². The van der Waals surface area contributed by atoms with Crippen molar-refractivity contribution in [3.05, 3.63) is 12.7 Å². The lowest BCUT2D eigenvalue weighted by Gasteiger charge is -2.16. The van der Waals surface area contributed by atoms with Gasteiger partial charge >= 0.3 is 0 Å². The summed E-state index contributed by atoms with van der Waals surface area (Å²) in [4.78, 5) is 0. The SMILES string of the molecule is C=CC(C)(C)CCI. The first-order valence-electron chi connectivity index (χ1n) is 2.82. The Bertz CT molecular complexity index is 74.5. The van der Waals surface area contributed by atoms with E-state index in [0.29, 0.717) is 5.41 Å². The summed E-state index contributed by atoms with van der Waals surface area (Å²) in [6, 6.07) is 0. The molecule has 0 heterocycles. The van der Waals surface area contributed by atoms with Crippen molar-refractivity contribution in [2.24, 2.45) is 5.41 Å². The van der Waals surface area contributed by atoms with Crippen molar-refractivity contribution in [2.45, 2.75) is 20.3 Å². The second kappa shape index (κ2) is 3.49. The second-order valence-electron chi connectivity index (χ2n) is 2.63. The minimum atomic E-state index is 0.348. The fourth-order valence-corrected chi connectivity index (χ4v) is 1.74. The summed E-state index contributed by atoms with van der Waals surface area (Å²) >= 11 is 2.39. The molecule has 0 bridgehead atoms. The van der Waals surface area contributed by atoms with E-state index in [1.165, 1.54) is 10.8 Å². The molecule has 0 aromatic rings. The molecule has 0 amide bonds. The Balaban J connectivity index is 3.53. The molecule has 0 aliphatic heterocycles. The van der Waals surface area contributed by atoms with Crippen LogP contribution in [-0.4, -0.2) is 4.43 Å². The molecule has 0 aromatic carbocycles. The number of rotatable bonds is 3. The Morgan fingerprint density at radius 3 is 2.25 bits per heavy atom. The van der Waals surface area contributed by atoms with E-state index < -0.39 is 0 Å². The maximum Gasteiger partial charge on any atom is 0.000333 e. The lowest BCUT2D eigenvalue weighted by Crippen LogP contribution is -2.06. The fraction of sp³-hybridized carbons (Fsp3) is 0.714. The minimum absolute atomic E-state index is 0.348. The molecule has 8 heavy (non-hydrogen) atoms. The maximum atomic E-state index is 3.75. The zero-order valence-corrected chi connectivity index (χ0v) is 7.73. The summed E-state index contributed by atoms with van der Waals surface area (Å²) < 4.78 is 1.22. The first kappa shape index (κ1) is 8.47. The summed E-state index contributed by atoms with van der Waals surface area (Å²) in [6.07, 6.45) is 3.25. The summed E-state index contributed by atoms with van der Waals surface area (Å²) in [5, 5.41) is 0. The Labute approximate surface area is 65.5 Å². The zero-order chi connectivity index (χ0) is 6.62. The molecule has 0 aliphatic carbocycles. The van der Waals surface area contributed by atoms with Crippen molar-refractivity contribution < 1.29 is 0 Å². The smallest absolute Gasteiger partial charge is 0.000333 e. The first-order valence-corrected chi connectivity index (χ1v) is 4.34. The molecule has 0 atom stereocenters. The van der Waals surface area contributed by atoms with E-state index in [2.05, 4.69) is 43.0 Å². The standard InChI is InChI=1S/C7H13I/c1-4-7(2,3)5-6-8/h4H,1,5-6H2,2-3H3. The molecule has 0 spiro atoms. The predicted molar refractivity (Wildman–Crippen MR) is 47.5 cm³/mol. The normalized spacial score (nSPS) is 11.4. The molecular formula is C7H13I. The molecule has 0 aliphatic rings. The Morgan fingerprint density at radius 2 is 2.12 bits per heavy atom. The molecular weight excluding hydrogens is 211 g/mol. The van der Waals surface area contributed by atoms with Crippen LogP contribution in [0.5, 0.6) is 0 Å². The highest BCUT2D eigenvalue weighted by Crippen LogP contribution is 2.21. The van der Waals surface area contributed by atoms with Gasteiger partial charge in [-0.05, 0) is 11.8 Å². The lowest BCUT2D eigenvalue weighted by atomic mass is 9.91. The Hall–Kier alpha value is 0.470. The third kappa shape index (κ3) is 3.47. The topological polar surface area (TPSA) is 0 Å². The number of hydrogen-bond acceptors (Lipinski definition) is 0. The maximum absolute atomic E-state index is 3.75. The number of allylic oxidation sites excluding steroid dienone is 1. The largest absolute Gasteiger partial charge is 0.103 e. The highest BCUT2D eigenvalue weighted by Gasteiger charge is 2.09. The summed E-state index contributed by atoms with van der Waals surface area (Å²) in [6.45, 7) is 8.16. The molecule has 0 aromatic heterocycles. The van der Waals surface area contributed by atoms with Gasteiger partial charge in [0, 0.05) is 4.43 Å². The minimum Gasteiger partial charge on any atom is -0.103 e. The highest BCUT2D eigenvalue weighted by molar-refractivity contribution is 14.1. The van der Waals surface area contributed by atoms with Gasteiger partial charge in [0.05, 0.1) is 0 Å². The van der Waals surface area contributed by atoms with Crippen LogP contribution in [0.2, 0.25) is 0 Å². The third-order valence-electron chi connectivity index (χ3n) is 1.29. The van der Waals surface area contributed by atoms with Crippen molar-refractivity contribution >= 4 is 22.6 Å². The molecule has 0 saturated heterocycles. The van der Waals surface area contributed by atoms with Gasteiger partial charge in [-0.15, -0.1) is 6.58 Å². The van der Waals surface area contributed by atoms with E-state index in [-0.39, 0.29) is 0 Å². The molecule has 0 rings (SSSR count). The summed E-state index contributed by atoms with van der Waals surface area (Å²) in [5.74, 6) is 0. The number of halogens is 1. The van der Waals surface area contributed by atoms with Crippen LogP contribution in [0.25, 0.3) is 0 Å². The van der Waals surface area contributed by atoms with E-state index >= 15 is 0 Å². The molecule has 0 N–H and O–H groups in total. The van der Waals surface area contributed by atoms with Gasteiger partial charge in [-0.2, -0.15) is 0 Å². The van der Waals surface area contributed by atoms with Gasteiger partial charge < -0.3 is 0 Å². The monoisotopic (exact) mass is 224 g/mol. The molecule has 0 saturated carbocycles. The first-order chi connectivity index (χ1) is 3.62. The fourth-order valence-electron chi connectivity index (χ4n) is 0.346. The highest BCUT2D eigenvalue weighted by atomic mass is 127. The van der Waals surface area contributed by atoms with Gasteiger partial charge in [-0.25, -0.2) is 0 Å². The number of hydrogen-bond donors (Lipinski definition) is 0. The van der Waals surface area contributed by atoms with Gasteiger partial charge in [-0.1, -0.05) is 42.5 Å². The summed E-state index contributed by atoms with van der Waals surface area (Å²) in [7, 11) is 0. The molecule has 1 heteroatoms. The van der Waals surface area contributed by atoms with Crippen molar-refractivity contribution in [3.63, 3.8) is 0 Å². The average Bonchev–Trinajstić information content (AvgIpc) is 1.67. The van der Waals surface area contributed by atoms with Gasteiger partial charge in [0.25, 0.3) is 0 Å². The van der Waals surface area contributed by atoms with E-state index in [0.717, 1.165) is 0 Å². The molecule has 0 fully saturated rings. The lowest BCUT2D eigenvalue weighted by molar-refractivity contribution is 0.471. The van der Waals surface area contributed by atoms with Gasteiger partial charge in [0.2, 0.25) is 0 Å².